The van der Waals surface area contributed by atoms with Gasteiger partial charge in [0.15, 0.2) is 23.3 Å². The predicted octanol–water partition coefficient (Wildman–Crippen LogP) is 8.67. The first-order chi connectivity index (χ1) is 15.7. The number of benzene rings is 2. The van der Waals surface area contributed by atoms with Gasteiger partial charge >= 0.3 is 0 Å². The first-order valence-corrected chi connectivity index (χ1v) is 11.5. The average Bonchev–Trinajstić information content (AvgIpc) is 2.81. The molecule has 1 fully saturated rings. The summed E-state index contributed by atoms with van der Waals surface area (Å²) in [4.78, 5) is 4.29. The fraction of sp³-hybridized carbons (Fsp3) is 0.393. The van der Waals surface area contributed by atoms with Crippen molar-refractivity contribution in [3.8, 4) is 0 Å². The fourth-order valence-electron chi connectivity index (χ4n) is 4.47. The minimum Gasteiger partial charge on any atom is -0.261 e. The van der Waals surface area contributed by atoms with Crippen molar-refractivity contribution >= 4 is 5.71 Å². The molecule has 1 aliphatic carbocycles. The number of aryl methyl sites for hydroxylation is 1. The number of halogens is 4. The van der Waals surface area contributed by atoms with Crippen LogP contribution in [0.25, 0.3) is 0 Å². The summed E-state index contributed by atoms with van der Waals surface area (Å²) in [6.07, 6.45) is 8.87. The van der Waals surface area contributed by atoms with Gasteiger partial charge in [-0.15, -0.1) is 0 Å². The molecule has 0 spiro atoms. The molecule has 0 amide bonds. The van der Waals surface area contributed by atoms with Gasteiger partial charge in [0.2, 0.25) is 0 Å². The highest BCUT2D eigenvalue weighted by atomic mass is 19.2. The molecule has 0 saturated heterocycles. The van der Waals surface area contributed by atoms with Crippen LogP contribution in [0.15, 0.2) is 53.2 Å². The maximum Gasteiger partial charge on any atom is 0.168 e. The topological polar surface area (TPSA) is 12.4 Å². The van der Waals surface area contributed by atoms with E-state index < -0.39 is 23.3 Å². The van der Waals surface area contributed by atoms with Crippen LogP contribution in [0.5, 0.6) is 0 Å². The van der Waals surface area contributed by atoms with Crippen LogP contribution < -0.4 is 0 Å². The molecule has 176 valence electrons. The second-order valence-corrected chi connectivity index (χ2v) is 8.88. The quantitative estimate of drug-likeness (QED) is 0.234. The first kappa shape index (κ1) is 24.9. The van der Waals surface area contributed by atoms with Crippen molar-refractivity contribution in [3.63, 3.8) is 0 Å². The van der Waals surface area contributed by atoms with Gasteiger partial charge in [0.1, 0.15) is 0 Å². The van der Waals surface area contributed by atoms with Crippen LogP contribution in [-0.4, -0.2) is 5.71 Å². The molecule has 0 bridgehead atoms. The Kier molecular flexibility index (Phi) is 8.28. The van der Waals surface area contributed by atoms with Gasteiger partial charge in [-0.3, -0.25) is 4.99 Å². The van der Waals surface area contributed by atoms with Crippen LogP contribution in [0.1, 0.15) is 87.0 Å². The molecule has 3 rings (SSSR count). The number of allylic oxidation sites excluding steroid dienone is 3. The van der Waals surface area contributed by atoms with E-state index in [0.717, 1.165) is 12.0 Å². The molecule has 2 aromatic carbocycles. The standard InChI is InChI=1S/C28H31F4N/c1-5-6-7-17(2)16-33-19(4)22-14-15-24(28(32)26(22)30)21-11-9-20(10-12-21)23-13-8-18(3)25(29)27(23)31/h6-8,13-16,20-21H,5,9-12H2,1-4H3/b7-6-,17-16-,33-19?. The molecule has 0 aromatic heterocycles. The van der Waals surface area contributed by atoms with Crippen molar-refractivity contribution in [2.45, 2.75) is 71.6 Å². The maximum absolute atomic E-state index is 15.0. The lowest BCUT2D eigenvalue weighted by molar-refractivity contribution is 0.369. The Morgan fingerprint density at radius 1 is 0.848 bits per heavy atom. The first-order valence-electron chi connectivity index (χ1n) is 11.5. The molecule has 1 nitrogen and oxygen atoms in total. The molecule has 33 heavy (non-hydrogen) atoms. The summed E-state index contributed by atoms with van der Waals surface area (Å²) >= 11 is 0. The predicted molar refractivity (Wildman–Crippen MR) is 127 cm³/mol. The van der Waals surface area contributed by atoms with Gasteiger partial charge in [0, 0.05) is 17.5 Å². The van der Waals surface area contributed by atoms with Gasteiger partial charge in [-0.25, -0.2) is 17.6 Å². The van der Waals surface area contributed by atoms with Crippen molar-refractivity contribution in [2.75, 3.05) is 0 Å². The second kappa shape index (κ2) is 11.0. The zero-order valence-electron chi connectivity index (χ0n) is 19.7. The van der Waals surface area contributed by atoms with Gasteiger partial charge in [-0.2, -0.15) is 0 Å². The summed E-state index contributed by atoms with van der Waals surface area (Å²) < 4.78 is 58.2. The second-order valence-electron chi connectivity index (χ2n) is 8.88. The summed E-state index contributed by atoms with van der Waals surface area (Å²) in [5.74, 6) is -3.59. The number of aliphatic imine (C=N–C) groups is 1. The van der Waals surface area contributed by atoms with E-state index >= 15 is 0 Å². The summed E-state index contributed by atoms with van der Waals surface area (Å²) in [7, 11) is 0. The highest BCUT2D eigenvalue weighted by Gasteiger charge is 2.29. The molecule has 0 unspecified atom stereocenters. The monoisotopic (exact) mass is 457 g/mol. The highest BCUT2D eigenvalue weighted by molar-refractivity contribution is 5.99. The molecular formula is C28H31F4N. The highest BCUT2D eigenvalue weighted by Crippen LogP contribution is 2.42. The minimum absolute atomic E-state index is 0.116. The van der Waals surface area contributed by atoms with Crippen LogP contribution >= 0.6 is 0 Å². The Morgan fingerprint density at radius 2 is 1.39 bits per heavy atom. The third-order valence-corrected chi connectivity index (χ3v) is 6.49. The molecule has 1 saturated carbocycles. The van der Waals surface area contributed by atoms with Crippen molar-refractivity contribution < 1.29 is 17.6 Å². The van der Waals surface area contributed by atoms with Gasteiger partial charge in [0.25, 0.3) is 0 Å². The van der Waals surface area contributed by atoms with E-state index in [1.165, 1.54) is 6.92 Å². The Labute approximate surface area is 193 Å². The van der Waals surface area contributed by atoms with E-state index in [-0.39, 0.29) is 23.0 Å². The molecular weight excluding hydrogens is 426 g/mol. The largest absolute Gasteiger partial charge is 0.261 e. The van der Waals surface area contributed by atoms with E-state index in [1.807, 2.05) is 26.0 Å². The molecule has 0 aliphatic heterocycles. The summed E-state index contributed by atoms with van der Waals surface area (Å²) in [6, 6.07) is 6.45. The summed E-state index contributed by atoms with van der Waals surface area (Å²) in [5, 5.41) is 0. The molecule has 0 N–H and O–H groups in total. The Morgan fingerprint density at radius 3 is 1.97 bits per heavy atom. The molecule has 0 atom stereocenters. The lowest BCUT2D eigenvalue weighted by Crippen LogP contribution is -2.16. The van der Waals surface area contributed by atoms with Crippen LogP contribution in [0.4, 0.5) is 17.6 Å². The Bertz CT molecular complexity index is 1090. The van der Waals surface area contributed by atoms with Crippen molar-refractivity contribution in [3.05, 3.63) is 93.7 Å². The molecule has 5 heteroatoms. The minimum atomic E-state index is -0.891. The molecule has 1 aliphatic rings. The van der Waals surface area contributed by atoms with Gasteiger partial charge < -0.3 is 0 Å². The van der Waals surface area contributed by atoms with Crippen molar-refractivity contribution in [2.24, 2.45) is 4.99 Å². The molecule has 2 aromatic rings. The zero-order valence-corrected chi connectivity index (χ0v) is 19.7. The summed E-state index contributed by atoms with van der Waals surface area (Å²) in [5.41, 5.74) is 2.48. The van der Waals surface area contributed by atoms with Crippen LogP contribution in [0.3, 0.4) is 0 Å². The normalized spacial score (nSPS) is 20.0. The lowest BCUT2D eigenvalue weighted by atomic mass is 9.75. The smallest absolute Gasteiger partial charge is 0.168 e. The van der Waals surface area contributed by atoms with E-state index in [0.29, 0.717) is 42.5 Å². The van der Waals surface area contributed by atoms with Crippen molar-refractivity contribution in [1.29, 1.82) is 0 Å². The summed E-state index contributed by atoms with van der Waals surface area (Å²) in [6.45, 7) is 7.13. The van der Waals surface area contributed by atoms with Crippen LogP contribution in [-0.2, 0) is 0 Å². The Hall–Kier alpha value is -2.69. The maximum atomic E-state index is 15.0. The molecule has 0 heterocycles. The molecule has 0 radical (unpaired) electrons. The number of hydrogen-bond donors (Lipinski definition) is 0. The van der Waals surface area contributed by atoms with E-state index in [1.54, 1.807) is 37.4 Å². The third kappa shape index (κ3) is 5.63. The van der Waals surface area contributed by atoms with Gasteiger partial charge in [-0.05, 0) is 93.0 Å². The van der Waals surface area contributed by atoms with Crippen LogP contribution in [0.2, 0.25) is 0 Å². The van der Waals surface area contributed by atoms with E-state index in [4.69, 9.17) is 0 Å². The lowest BCUT2D eigenvalue weighted by Gasteiger charge is -2.30. The van der Waals surface area contributed by atoms with E-state index in [2.05, 4.69) is 4.99 Å². The fourth-order valence-corrected chi connectivity index (χ4v) is 4.47. The number of rotatable bonds is 6. The number of hydrogen-bond acceptors (Lipinski definition) is 1. The average molecular weight is 458 g/mol. The van der Waals surface area contributed by atoms with Crippen molar-refractivity contribution in [1.82, 2.24) is 0 Å². The zero-order chi connectivity index (χ0) is 24.1. The third-order valence-electron chi connectivity index (χ3n) is 6.49. The van der Waals surface area contributed by atoms with Gasteiger partial charge in [0.05, 0.1) is 0 Å². The van der Waals surface area contributed by atoms with Gasteiger partial charge in [-0.1, -0.05) is 37.3 Å². The SMILES string of the molecule is CC/C=C\C(C)=C/N=C(C)c1ccc(C2CCC(c3ccc(C)c(F)c3F)CC2)c(F)c1F. The van der Waals surface area contributed by atoms with Crippen LogP contribution in [0, 0.1) is 30.2 Å². The number of nitrogens with zero attached hydrogens (tertiary/aromatic N) is 1. The Balaban J connectivity index is 1.75. The van der Waals surface area contributed by atoms with E-state index in [9.17, 15) is 17.6 Å².